The van der Waals surface area contributed by atoms with Gasteiger partial charge in [0, 0.05) is 25.1 Å². The molecule has 0 saturated carbocycles. The van der Waals surface area contributed by atoms with Crippen LogP contribution >= 0.6 is 0 Å². The van der Waals surface area contributed by atoms with E-state index in [9.17, 15) is 4.79 Å². The van der Waals surface area contributed by atoms with Crippen molar-refractivity contribution < 1.29 is 4.74 Å². The van der Waals surface area contributed by atoms with Crippen LogP contribution < -0.4 is 10.3 Å². The first-order valence-corrected chi connectivity index (χ1v) is 9.34. The van der Waals surface area contributed by atoms with Crippen molar-refractivity contribution in [2.75, 3.05) is 13.7 Å². The maximum Gasteiger partial charge on any atom is 0.262 e. The minimum atomic E-state index is -0.189. The van der Waals surface area contributed by atoms with Crippen LogP contribution in [0.1, 0.15) is 17.1 Å². The Morgan fingerprint density at radius 2 is 2.07 bits per heavy atom. The summed E-state index contributed by atoms with van der Waals surface area (Å²) in [7, 11) is 1.61. The molecule has 5 rings (SSSR count). The smallest absolute Gasteiger partial charge is 0.262 e. The highest BCUT2D eigenvalue weighted by Gasteiger charge is 2.22. The molecule has 4 aromatic rings. The van der Waals surface area contributed by atoms with Gasteiger partial charge in [-0.3, -0.25) is 9.69 Å². The number of aromatic amines is 1. The molecule has 0 unspecified atom stereocenters. The van der Waals surface area contributed by atoms with Crippen LogP contribution in [0.4, 0.5) is 0 Å². The Morgan fingerprint density at radius 1 is 1.21 bits per heavy atom. The summed E-state index contributed by atoms with van der Waals surface area (Å²) in [6.45, 7) is 1.95. The fraction of sp³-hybridized carbons (Fsp3) is 0.250. The Morgan fingerprint density at radius 3 is 2.90 bits per heavy atom. The summed E-state index contributed by atoms with van der Waals surface area (Å²) in [4.78, 5) is 30.9. The highest BCUT2D eigenvalue weighted by atomic mass is 16.5. The molecule has 0 radical (unpaired) electrons. The van der Waals surface area contributed by atoms with E-state index in [1.807, 2.05) is 30.3 Å². The van der Waals surface area contributed by atoms with Crippen LogP contribution in [0.2, 0.25) is 0 Å². The summed E-state index contributed by atoms with van der Waals surface area (Å²) in [5, 5.41) is 4.82. The zero-order valence-electron chi connectivity index (χ0n) is 15.9. The van der Waals surface area contributed by atoms with Crippen molar-refractivity contribution in [1.29, 1.82) is 0 Å². The van der Waals surface area contributed by atoms with Gasteiger partial charge in [0.15, 0.2) is 5.65 Å². The number of ether oxygens (including phenoxy) is 1. The van der Waals surface area contributed by atoms with E-state index in [4.69, 9.17) is 9.72 Å². The normalized spacial score (nSPS) is 14.1. The SMILES string of the molecule is COc1ncnc2c1CN(Cc1nc3c(cnn3-c3ccccc3)c(=O)[nH]1)CC2. The molecule has 0 spiro atoms. The Bertz CT molecular complexity index is 1220. The van der Waals surface area contributed by atoms with E-state index in [2.05, 4.69) is 25.0 Å². The standard InChI is InChI=1S/C20H19N7O2/c1-29-20-15-10-26(8-7-16(15)21-12-22-20)11-17-24-18-14(19(28)25-17)9-23-27(18)13-5-3-2-4-6-13/h2-6,9,12H,7-8,10-11H2,1H3,(H,24,25,28). The van der Waals surface area contributed by atoms with E-state index in [0.29, 0.717) is 35.8 Å². The van der Waals surface area contributed by atoms with Gasteiger partial charge < -0.3 is 9.72 Å². The molecular weight excluding hydrogens is 370 g/mol. The molecule has 9 heteroatoms. The van der Waals surface area contributed by atoms with Crippen LogP contribution in [0.15, 0.2) is 47.7 Å². The average molecular weight is 389 g/mol. The molecule has 146 valence electrons. The van der Waals surface area contributed by atoms with Crippen molar-refractivity contribution in [2.24, 2.45) is 0 Å². The Labute approximate surface area is 166 Å². The van der Waals surface area contributed by atoms with Crippen LogP contribution in [-0.4, -0.2) is 48.3 Å². The number of methoxy groups -OCH3 is 1. The third kappa shape index (κ3) is 3.15. The van der Waals surface area contributed by atoms with E-state index in [1.165, 1.54) is 6.33 Å². The van der Waals surface area contributed by atoms with Crippen molar-refractivity contribution >= 4 is 11.0 Å². The molecule has 1 aromatic carbocycles. The molecule has 0 amide bonds. The third-order valence-corrected chi connectivity index (χ3v) is 5.10. The summed E-state index contributed by atoms with van der Waals surface area (Å²) < 4.78 is 7.07. The highest BCUT2D eigenvalue weighted by molar-refractivity contribution is 5.75. The zero-order chi connectivity index (χ0) is 19.8. The highest BCUT2D eigenvalue weighted by Crippen LogP contribution is 2.25. The predicted octanol–water partition coefficient (Wildman–Crippen LogP) is 1.47. The van der Waals surface area contributed by atoms with Gasteiger partial charge in [-0.25, -0.2) is 19.6 Å². The minimum Gasteiger partial charge on any atom is -0.481 e. The predicted molar refractivity (Wildman–Crippen MR) is 106 cm³/mol. The number of nitrogens with one attached hydrogen (secondary N) is 1. The first kappa shape index (κ1) is 17.5. The van der Waals surface area contributed by atoms with Gasteiger partial charge in [0.25, 0.3) is 5.56 Å². The van der Waals surface area contributed by atoms with Crippen LogP contribution in [0.25, 0.3) is 16.7 Å². The van der Waals surface area contributed by atoms with Crippen molar-refractivity contribution in [1.82, 2.24) is 34.6 Å². The largest absolute Gasteiger partial charge is 0.481 e. The molecule has 9 nitrogen and oxygen atoms in total. The number of rotatable bonds is 4. The molecule has 0 fully saturated rings. The van der Waals surface area contributed by atoms with Crippen molar-refractivity contribution in [3.8, 4) is 11.6 Å². The quantitative estimate of drug-likeness (QED) is 0.564. The lowest BCUT2D eigenvalue weighted by atomic mass is 10.1. The maximum absolute atomic E-state index is 12.6. The average Bonchev–Trinajstić information content (AvgIpc) is 3.18. The van der Waals surface area contributed by atoms with Gasteiger partial charge in [-0.05, 0) is 12.1 Å². The molecule has 0 aliphatic carbocycles. The first-order valence-electron chi connectivity index (χ1n) is 9.34. The lowest BCUT2D eigenvalue weighted by Crippen LogP contribution is -2.32. The maximum atomic E-state index is 12.6. The van der Waals surface area contributed by atoms with Gasteiger partial charge in [0.2, 0.25) is 5.88 Å². The van der Waals surface area contributed by atoms with E-state index in [0.717, 1.165) is 29.9 Å². The van der Waals surface area contributed by atoms with Gasteiger partial charge >= 0.3 is 0 Å². The number of hydrogen-bond donors (Lipinski definition) is 1. The molecule has 4 heterocycles. The summed E-state index contributed by atoms with van der Waals surface area (Å²) in [6, 6.07) is 9.66. The Balaban J connectivity index is 1.48. The van der Waals surface area contributed by atoms with Crippen LogP contribution in [0.3, 0.4) is 0 Å². The molecular formula is C20H19N7O2. The van der Waals surface area contributed by atoms with Gasteiger partial charge in [-0.2, -0.15) is 5.10 Å². The topological polar surface area (TPSA) is 102 Å². The number of nitrogens with zero attached hydrogens (tertiary/aromatic N) is 6. The molecule has 29 heavy (non-hydrogen) atoms. The minimum absolute atomic E-state index is 0.189. The van der Waals surface area contributed by atoms with Crippen LogP contribution in [-0.2, 0) is 19.5 Å². The second-order valence-corrected chi connectivity index (χ2v) is 6.91. The number of benzene rings is 1. The number of para-hydroxylation sites is 1. The van der Waals surface area contributed by atoms with Gasteiger partial charge in [-0.1, -0.05) is 18.2 Å². The fourth-order valence-corrected chi connectivity index (χ4v) is 3.69. The first-order chi connectivity index (χ1) is 14.2. The van der Waals surface area contributed by atoms with E-state index in [1.54, 1.807) is 18.0 Å². The molecule has 0 bridgehead atoms. The van der Waals surface area contributed by atoms with Gasteiger partial charge in [0.05, 0.1) is 31.2 Å². The van der Waals surface area contributed by atoms with E-state index in [-0.39, 0.29) is 5.56 Å². The van der Waals surface area contributed by atoms with E-state index >= 15 is 0 Å². The lowest BCUT2D eigenvalue weighted by molar-refractivity contribution is 0.230. The van der Waals surface area contributed by atoms with Crippen molar-refractivity contribution in [2.45, 2.75) is 19.5 Å². The zero-order valence-corrected chi connectivity index (χ0v) is 15.9. The van der Waals surface area contributed by atoms with Crippen LogP contribution in [0, 0.1) is 0 Å². The molecule has 1 N–H and O–H groups in total. The third-order valence-electron chi connectivity index (χ3n) is 5.10. The number of aromatic nitrogens is 6. The van der Waals surface area contributed by atoms with Gasteiger partial charge in [-0.15, -0.1) is 0 Å². The molecule has 3 aromatic heterocycles. The summed E-state index contributed by atoms with van der Waals surface area (Å²) in [6.07, 6.45) is 3.88. The summed E-state index contributed by atoms with van der Waals surface area (Å²) in [5.74, 6) is 1.19. The Hall–Kier alpha value is -3.59. The van der Waals surface area contributed by atoms with Crippen LogP contribution in [0.5, 0.6) is 5.88 Å². The summed E-state index contributed by atoms with van der Waals surface area (Å²) >= 11 is 0. The summed E-state index contributed by atoms with van der Waals surface area (Å²) in [5.41, 5.74) is 3.21. The fourth-order valence-electron chi connectivity index (χ4n) is 3.69. The number of H-pyrrole nitrogens is 1. The second kappa shape index (κ2) is 7.10. The Kier molecular flexibility index (Phi) is 4.28. The van der Waals surface area contributed by atoms with Crippen molar-refractivity contribution in [3.05, 3.63) is 70.3 Å². The van der Waals surface area contributed by atoms with Gasteiger partial charge in [0.1, 0.15) is 17.5 Å². The molecule has 0 atom stereocenters. The number of fused-ring (bicyclic) bond motifs is 2. The monoisotopic (exact) mass is 389 g/mol. The second-order valence-electron chi connectivity index (χ2n) is 6.91. The van der Waals surface area contributed by atoms with E-state index < -0.39 is 0 Å². The number of hydrogen-bond acceptors (Lipinski definition) is 7. The van der Waals surface area contributed by atoms with Crippen molar-refractivity contribution in [3.63, 3.8) is 0 Å². The molecule has 1 aliphatic heterocycles. The molecule has 1 aliphatic rings. The molecule has 0 saturated heterocycles. The lowest BCUT2D eigenvalue weighted by Gasteiger charge is -2.28.